The van der Waals surface area contributed by atoms with Crippen LogP contribution in [-0.2, 0) is 25.6 Å². The zero-order valence-corrected chi connectivity index (χ0v) is 13.8. The molecule has 2 amide bonds. The first-order valence-electron chi connectivity index (χ1n) is 7.74. The van der Waals surface area contributed by atoms with E-state index in [-0.39, 0.29) is 25.0 Å². The van der Waals surface area contributed by atoms with E-state index >= 15 is 0 Å². The highest BCUT2D eigenvalue weighted by Gasteiger charge is 2.22. The minimum atomic E-state index is -1.24. The molecule has 0 unspecified atom stereocenters. The van der Waals surface area contributed by atoms with E-state index in [1.54, 1.807) is 12.1 Å². The van der Waals surface area contributed by atoms with Crippen molar-refractivity contribution >= 4 is 23.8 Å². The van der Waals surface area contributed by atoms with Crippen molar-refractivity contribution < 1.29 is 34.5 Å². The summed E-state index contributed by atoms with van der Waals surface area (Å²) in [5.41, 5.74) is 5.95. The van der Waals surface area contributed by atoms with Gasteiger partial charge in [0.2, 0.25) is 11.8 Å². The number of carbonyl (C=O) groups excluding carboxylic acids is 2. The number of carbonyl (C=O) groups is 4. The monoisotopic (exact) mass is 367 g/mol. The van der Waals surface area contributed by atoms with E-state index in [4.69, 9.17) is 15.9 Å². The lowest BCUT2D eigenvalue weighted by Gasteiger charge is -2.18. The van der Waals surface area contributed by atoms with Crippen LogP contribution in [0.1, 0.15) is 18.4 Å². The van der Waals surface area contributed by atoms with Crippen molar-refractivity contribution in [3.63, 3.8) is 0 Å². The third-order valence-corrected chi connectivity index (χ3v) is 3.44. The number of amides is 2. The molecular formula is C16H21N3O7. The molecule has 0 fully saturated rings. The lowest BCUT2D eigenvalue weighted by atomic mass is 10.0. The molecule has 1 aromatic rings. The minimum absolute atomic E-state index is 0.0346. The molecule has 0 heterocycles. The van der Waals surface area contributed by atoms with Crippen LogP contribution in [0.4, 0.5) is 0 Å². The Kier molecular flexibility index (Phi) is 8.03. The lowest BCUT2D eigenvalue weighted by molar-refractivity contribution is -0.139. The van der Waals surface area contributed by atoms with Crippen molar-refractivity contribution in [1.29, 1.82) is 0 Å². The van der Waals surface area contributed by atoms with Crippen molar-refractivity contribution in [3.8, 4) is 5.75 Å². The van der Waals surface area contributed by atoms with E-state index < -0.39 is 42.4 Å². The number of hydrogen-bond donors (Lipinski definition) is 6. The highest BCUT2D eigenvalue weighted by Crippen LogP contribution is 2.11. The predicted octanol–water partition coefficient (Wildman–Crippen LogP) is -1.19. The number of phenolic OH excluding ortho intramolecular Hbond substituents is 1. The summed E-state index contributed by atoms with van der Waals surface area (Å²) in [5, 5.41) is 31.3. The quantitative estimate of drug-likeness (QED) is 0.299. The zero-order chi connectivity index (χ0) is 19.7. The highest BCUT2D eigenvalue weighted by atomic mass is 16.4. The summed E-state index contributed by atoms with van der Waals surface area (Å²) >= 11 is 0. The second-order valence-electron chi connectivity index (χ2n) is 5.59. The maximum absolute atomic E-state index is 12.1. The number of rotatable bonds is 10. The average Bonchev–Trinajstić information content (AvgIpc) is 2.58. The molecule has 0 aliphatic rings. The SMILES string of the molecule is N[C@@H](CCC(=O)N[C@@H](Cc1ccc(O)cc1)C(=O)NCC(=O)O)C(=O)O. The zero-order valence-electron chi connectivity index (χ0n) is 13.8. The largest absolute Gasteiger partial charge is 0.508 e. The molecule has 1 aromatic carbocycles. The molecule has 0 saturated carbocycles. The van der Waals surface area contributed by atoms with Gasteiger partial charge in [-0.3, -0.25) is 19.2 Å². The van der Waals surface area contributed by atoms with Gasteiger partial charge in [-0.2, -0.15) is 0 Å². The molecular weight excluding hydrogens is 346 g/mol. The van der Waals surface area contributed by atoms with Crippen molar-refractivity contribution in [1.82, 2.24) is 10.6 Å². The van der Waals surface area contributed by atoms with Gasteiger partial charge in [0, 0.05) is 12.8 Å². The third kappa shape index (κ3) is 7.62. The van der Waals surface area contributed by atoms with E-state index in [1.165, 1.54) is 12.1 Å². The van der Waals surface area contributed by atoms with Crippen LogP contribution in [0, 0.1) is 0 Å². The van der Waals surface area contributed by atoms with E-state index in [0.717, 1.165) is 0 Å². The smallest absolute Gasteiger partial charge is 0.322 e. The number of hydrogen-bond acceptors (Lipinski definition) is 6. The molecule has 10 heteroatoms. The first-order valence-corrected chi connectivity index (χ1v) is 7.74. The molecule has 0 aliphatic heterocycles. The number of nitrogens with one attached hydrogen (secondary N) is 2. The van der Waals surface area contributed by atoms with Gasteiger partial charge in [0.15, 0.2) is 0 Å². The Balaban J connectivity index is 2.74. The molecule has 1 rings (SSSR count). The fraction of sp³-hybridized carbons (Fsp3) is 0.375. The van der Waals surface area contributed by atoms with Gasteiger partial charge < -0.3 is 31.7 Å². The molecule has 10 nitrogen and oxygen atoms in total. The fourth-order valence-corrected chi connectivity index (χ4v) is 2.04. The van der Waals surface area contributed by atoms with Crippen molar-refractivity contribution in [2.75, 3.05) is 6.54 Å². The summed E-state index contributed by atoms with van der Waals surface area (Å²) in [4.78, 5) is 45.4. The number of carboxylic acid groups (broad SMARTS) is 2. The second kappa shape index (κ2) is 9.99. The first-order chi connectivity index (χ1) is 12.2. The molecule has 0 bridgehead atoms. The van der Waals surface area contributed by atoms with Gasteiger partial charge in [0.05, 0.1) is 0 Å². The molecule has 7 N–H and O–H groups in total. The molecule has 26 heavy (non-hydrogen) atoms. The molecule has 0 spiro atoms. The van der Waals surface area contributed by atoms with Crippen molar-refractivity contribution in [3.05, 3.63) is 29.8 Å². The van der Waals surface area contributed by atoms with Gasteiger partial charge in [0.25, 0.3) is 0 Å². The van der Waals surface area contributed by atoms with Crippen LogP contribution in [0.5, 0.6) is 5.75 Å². The number of phenols is 1. The van der Waals surface area contributed by atoms with Gasteiger partial charge >= 0.3 is 11.9 Å². The Morgan fingerprint density at radius 1 is 1.08 bits per heavy atom. The normalized spacial score (nSPS) is 12.7. The molecule has 142 valence electrons. The Hall–Kier alpha value is -3.14. The van der Waals surface area contributed by atoms with Gasteiger partial charge in [-0.15, -0.1) is 0 Å². The van der Waals surface area contributed by atoms with Crippen LogP contribution in [0.15, 0.2) is 24.3 Å². The number of aromatic hydroxyl groups is 1. The van der Waals surface area contributed by atoms with Crippen LogP contribution >= 0.6 is 0 Å². The Labute approximate surface area is 149 Å². The van der Waals surface area contributed by atoms with Crippen molar-refractivity contribution in [2.24, 2.45) is 5.73 Å². The molecule has 0 saturated heterocycles. The fourth-order valence-electron chi connectivity index (χ4n) is 2.04. The van der Waals surface area contributed by atoms with E-state index in [0.29, 0.717) is 5.56 Å². The van der Waals surface area contributed by atoms with Crippen LogP contribution in [0.3, 0.4) is 0 Å². The average molecular weight is 367 g/mol. The Morgan fingerprint density at radius 3 is 2.23 bits per heavy atom. The number of nitrogens with two attached hydrogens (primary N) is 1. The summed E-state index contributed by atoms with van der Waals surface area (Å²) < 4.78 is 0. The van der Waals surface area contributed by atoms with Crippen molar-refractivity contribution in [2.45, 2.75) is 31.3 Å². The maximum atomic E-state index is 12.1. The van der Waals surface area contributed by atoms with Crippen LogP contribution < -0.4 is 16.4 Å². The third-order valence-electron chi connectivity index (χ3n) is 3.44. The number of carboxylic acids is 2. The molecule has 0 radical (unpaired) electrons. The maximum Gasteiger partial charge on any atom is 0.322 e. The van der Waals surface area contributed by atoms with Crippen LogP contribution in [-0.4, -0.2) is 57.7 Å². The van der Waals surface area contributed by atoms with Gasteiger partial charge in [-0.1, -0.05) is 12.1 Å². The summed E-state index contributed by atoms with van der Waals surface area (Å²) in [7, 11) is 0. The standard InChI is InChI=1S/C16H21N3O7/c17-11(16(25)26)5-6-13(21)19-12(15(24)18-8-14(22)23)7-9-1-3-10(20)4-2-9/h1-4,11-12,20H,5-8,17H2,(H,18,24)(H,19,21)(H,22,23)(H,25,26)/t11-,12-/m0/s1. The Bertz CT molecular complexity index is 660. The topological polar surface area (TPSA) is 179 Å². The van der Waals surface area contributed by atoms with Crippen LogP contribution in [0.25, 0.3) is 0 Å². The minimum Gasteiger partial charge on any atom is -0.508 e. The highest BCUT2D eigenvalue weighted by molar-refractivity contribution is 5.89. The summed E-state index contributed by atoms with van der Waals surface area (Å²) in [6.45, 7) is -0.606. The summed E-state index contributed by atoms with van der Waals surface area (Å²) in [5.74, 6) is -3.72. The van der Waals surface area contributed by atoms with Crippen LogP contribution in [0.2, 0.25) is 0 Å². The van der Waals surface area contributed by atoms with Gasteiger partial charge in [-0.05, 0) is 24.1 Å². The number of aliphatic carboxylic acids is 2. The van der Waals surface area contributed by atoms with E-state index in [2.05, 4.69) is 10.6 Å². The predicted molar refractivity (Wildman–Crippen MR) is 89.2 cm³/mol. The summed E-state index contributed by atoms with van der Waals surface area (Å²) in [6.07, 6.45) is -0.252. The lowest BCUT2D eigenvalue weighted by Crippen LogP contribution is -2.49. The molecule has 0 aromatic heterocycles. The second-order valence-corrected chi connectivity index (χ2v) is 5.59. The van der Waals surface area contributed by atoms with E-state index in [9.17, 15) is 24.3 Å². The molecule has 0 aliphatic carbocycles. The van der Waals surface area contributed by atoms with E-state index in [1.807, 2.05) is 0 Å². The van der Waals surface area contributed by atoms with Gasteiger partial charge in [-0.25, -0.2) is 0 Å². The number of benzene rings is 1. The molecule has 2 atom stereocenters. The van der Waals surface area contributed by atoms with Gasteiger partial charge in [0.1, 0.15) is 24.4 Å². The first kappa shape index (κ1) is 20.9. The Morgan fingerprint density at radius 2 is 1.69 bits per heavy atom. The summed E-state index contributed by atoms with van der Waals surface area (Å²) in [6, 6.07) is 3.67.